The van der Waals surface area contributed by atoms with Crippen LogP contribution in [0.3, 0.4) is 0 Å². The van der Waals surface area contributed by atoms with Gasteiger partial charge in [0.1, 0.15) is 22.7 Å². The Hall–Kier alpha value is -7.89. The van der Waals surface area contributed by atoms with Gasteiger partial charge in [-0.2, -0.15) is 0 Å². The van der Waals surface area contributed by atoms with Crippen molar-refractivity contribution in [3.63, 3.8) is 0 Å². The number of nitrogens with zero attached hydrogens (tertiary/aromatic N) is 3. The number of fused-ring (bicyclic) bond motifs is 9. The zero-order chi connectivity index (χ0) is 38.4. The Morgan fingerprint density at radius 1 is 0.379 bits per heavy atom. The van der Waals surface area contributed by atoms with Crippen LogP contribution in [0.2, 0.25) is 0 Å². The summed E-state index contributed by atoms with van der Waals surface area (Å²) >= 11 is 0. The van der Waals surface area contributed by atoms with Crippen molar-refractivity contribution in [2.75, 3.05) is 0 Å². The van der Waals surface area contributed by atoms with Crippen molar-refractivity contribution < 1.29 is 9.15 Å². The Balaban J connectivity index is 1.13. The highest BCUT2D eigenvalue weighted by molar-refractivity contribution is 6.07. The normalized spacial score (nSPS) is 11.9. The molecule has 0 saturated carbocycles. The smallest absolute Gasteiger partial charge is 0.160 e. The van der Waals surface area contributed by atoms with Crippen molar-refractivity contribution in [3.8, 4) is 78.8 Å². The fourth-order valence-corrected chi connectivity index (χ4v) is 7.93. The van der Waals surface area contributed by atoms with Crippen molar-refractivity contribution in [2.45, 2.75) is 0 Å². The Bertz CT molecular complexity index is 3190. The standard InChI is InChI=1S/C53H33N3O2/c1-2-12-38(13-3-1)53-55-47(37-25-20-34(21-26-37)40-14-10-28-54-33-40)32-48(56-53)39-27-24-36-23-22-35-11-4-5-15-41(35)42-16-6-8-18-49(42)57-52-30-45-43-17-7-9-19-50(43)58-51(45)31-46(52)44(36)29-39/h1-33H. The third kappa shape index (κ3) is 6.03. The lowest BCUT2D eigenvalue weighted by atomic mass is 9.93. The summed E-state index contributed by atoms with van der Waals surface area (Å²) in [5, 5.41) is 2.04. The number of pyridine rings is 1. The van der Waals surface area contributed by atoms with Gasteiger partial charge < -0.3 is 9.15 Å². The molecule has 0 radical (unpaired) electrons. The van der Waals surface area contributed by atoms with E-state index in [0.29, 0.717) is 5.82 Å². The van der Waals surface area contributed by atoms with E-state index in [1.807, 2.05) is 60.8 Å². The SMILES string of the molecule is C1=Cc2ccc(-c3cc(-c4ccc(-c5cccnc5)cc4)nc(-c4ccccc4)n3)cc2-c2cc3oc4ccccc4c3cc2Oc2ccccc2-c2ccccc21. The number of hydrogen-bond donors (Lipinski definition) is 0. The van der Waals surface area contributed by atoms with Crippen LogP contribution < -0.4 is 4.74 Å². The van der Waals surface area contributed by atoms with Gasteiger partial charge in [0.15, 0.2) is 5.82 Å². The number of benzene rings is 7. The average molecular weight is 744 g/mol. The minimum atomic E-state index is 0.654. The summed E-state index contributed by atoms with van der Waals surface area (Å²) in [5.41, 5.74) is 14.5. The minimum absolute atomic E-state index is 0.654. The molecular formula is C53H33N3O2. The summed E-state index contributed by atoms with van der Waals surface area (Å²) < 4.78 is 13.5. The quantitative estimate of drug-likeness (QED) is 0.180. The molecule has 58 heavy (non-hydrogen) atoms. The lowest BCUT2D eigenvalue weighted by Crippen LogP contribution is -1.97. The second-order valence-electron chi connectivity index (χ2n) is 14.4. The Morgan fingerprint density at radius 3 is 1.91 bits per heavy atom. The molecule has 272 valence electrons. The molecule has 7 aromatic carbocycles. The van der Waals surface area contributed by atoms with E-state index in [1.165, 1.54) is 0 Å². The Morgan fingerprint density at radius 2 is 1.07 bits per heavy atom. The molecule has 0 amide bonds. The van der Waals surface area contributed by atoms with E-state index in [1.54, 1.807) is 6.20 Å². The van der Waals surface area contributed by atoms with E-state index in [4.69, 9.17) is 19.1 Å². The van der Waals surface area contributed by atoms with Crippen molar-refractivity contribution in [2.24, 2.45) is 0 Å². The van der Waals surface area contributed by atoms with Gasteiger partial charge in [0.25, 0.3) is 0 Å². The molecule has 1 aliphatic heterocycles. The maximum absolute atomic E-state index is 7.06. The van der Waals surface area contributed by atoms with Crippen LogP contribution in [0, 0.1) is 0 Å². The second kappa shape index (κ2) is 14.0. The van der Waals surface area contributed by atoms with Crippen LogP contribution in [0.5, 0.6) is 11.5 Å². The summed E-state index contributed by atoms with van der Waals surface area (Å²) in [5.74, 6) is 2.17. The molecule has 0 aliphatic carbocycles. The van der Waals surface area contributed by atoms with E-state index in [2.05, 4.69) is 138 Å². The van der Waals surface area contributed by atoms with Crippen LogP contribution in [0.15, 0.2) is 193 Å². The predicted molar refractivity (Wildman–Crippen MR) is 235 cm³/mol. The van der Waals surface area contributed by atoms with E-state index < -0.39 is 0 Å². The van der Waals surface area contributed by atoms with Crippen LogP contribution in [-0.2, 0) is 0 Å². The summed E-state index contributed by atoms with van der Waals surface area (Å²) in [4.78, 5) is 14.6. The lowest BCUT2D eigenvalue weighted by Gasteiger charge is -2.17. The molecule has 4 heterocycles. The molecule has 0 atom stereocenters. The molecule has 0 fully saturated rings. The minimum Gasteiger partial charge on any atom is -0.456 e. The zero-order valence-corrected chi connectivity index (χ0v) is 31.2. The van der Waals surface area contributed by atoms with Gasteiger partial charge in [0.2, 0.25) is 0 Å². The predicted octanol–water partition coefficient (Wildman–Crippen LogP) is 14.0. The van der Waals surface area contributed by atoms with Crippen LogP contribution in [0.4, 0.5) is 0 Å². The number of hydrogen-bond acceptors (Lipinski definition) is 5. The molecule has 3 aromatic heterocycles. The van der Waals surface area contributed by atoms with Gasteiger partial charge in [-0.15, -0.1) is 0 Å². The number of ether oxygens (including phenoxy) is 1. The van der Waals surface area contributed by atoms with E-state index >= 15 is 0 Å². The van der Waals surface area contributed by atoms with Crippen LogP contribution in [0.25, 0.3) is 101 Å². The monoisotopic (exact) mass is 743 g/mol. The average Bonchev–Trinajstić information content (AvgIpc) is 3.65. The first kappa shape index (κ1) is 33.4. The first-order valence-corrected chi connectivity index (χ1v) is 19.3. The number of para-hydroxylation sites is 2. The number of aromatic nitrogens is 3. The fraction of sp³-hybridized carbons (Fsp3) is 0. The second-order valence-corrected chi connectivity index (χ2v) is 14.4. The van der Waals surface area contributed by atoms with Gasteiger partial charge in [-0.3, -0.25) is 4.98 Å². The first-order chi connectivity index (χ1) is 28.7. The third-order valence-corrected chi connectivity index (χ3v) is 10.9. The molecular weight excluding hydrogens is 711 g/mol. The lowest BCUT2D eigenvalue weighted by molar-refractivity contribution is 0.487. The van der Waals surface area contributed by atoms with Crippen molar-refractivity contribution in [1.82, 2.24) is 15.0 Å². The third-order valence-electron chi connectivity index (χ3n) is 10.9. The Kier molecular flexibility index (Phi) is 8.07. The van der Waals surface area contributed by atoms with Gasteiger partial charge in [-0.1, -0.05) is 146 Å². The van der Waals surface area contributed by atoms with Crippen molar-refractivity contribution in [3.05, 3.63) is 199 Å². The summed E-state index contributed by atoms with van der Waals surface area (Å²) in [7, 11) is 0. The molecule has 0 unspecified atom stereocenters. The first-order valence-electron chi connectivity index (χ1n) is 19.3. The molecule has 10 aromatic rings. The van der Waals surface area contributed by atoms with E-state index in [0.717, 1.165) is 106 Å². The molecule has 1 aliphatic rings. The highest BCUT2D eigenvalue weighted by atomic mass is 16.5. The van der Waals surface area contributed by atoms with Crippen molar-refractivity contribution >= 4 is 34.1 Å². The molecule has 0 N–H and O–H groups in total. The van der Waals surface area contributed by atoms with Gasteiger partial charge in [0, 0.05) is 51.0 Å². The van der Waals surface area contributed by atoms with Gasteiger partial charge >= 0.3 is 0 Å². The van der Waals surface area contributed by atoms with E-state index in [9.17, 15) is 0 Å². The van der Waals surface area contributed by atoms with Crippen molar-refractivity contribution in [1.29, 1.82) is 0 Å². The summed E-state index contributed by atoms with van der Waals surface area (Å²) in [6.45, 7) is 0. The zero-order valence-electron chi connectivity index (χ0n) is 31.2. The largest absolute Gasteiger partial charge is 0.456 e. The van der Waals surface area contributed by atoms with Gasteiger partial charge in [0.05, 0.1) is 11.4 Å². The topological polar surface area (TPSA) is 61.0 Å². The van der Waals surface area contributed by atoms with Gasteiger partial charge in [-0.25, -0.2) is 9.97 Å². The number of rotatable bonds is 4. The molecule has 5 heteroatoms. The summed E-state index contributed by atoms with van der Waals surface area (Å²) in [6, 6.07) is 60.4. The molecule has 0 saturated heterocycles. The summed E-state index contributed by atoms with van der Waals surface area (Å²) in [6.07, 6.45) is 8.06. The highest BCUT2D eigenvalue weighted by Crippen LogP contribution is 2.46. The maximum Gasteiger partial charge on any atom is 0.160 e. The molecule has 11 rings (SSSR count). The van der Waals surface area contributed by atoms with Crippen LogP contribution >= 0.6 is 0 Å². The maximum atomic E-state index is 7.06. The van der Waals surface area contributed by atoms with Crippen LogP contribution in [-0.4, -0.2) is 15.0 Å². The Labute approximate surface area is 335 Å². The van der Waals surface area contributed by atoms with Crippen LogP contribution in [0.1, 0.15) is 11.1 Å². The number of furan rings is 1. The molecule has 0 bridgehead atoms. The highest BCUT2D eigenvalue weighted by Gasteiger charge is 2.21. The fourth-order valence-electron chi connectivity index (χ4n) is 7.93. The molecule has 0 spiro atoms. The molecule has 5 nitrogen and oxygen atoms in total. The van der Waals surface area contributed by atoms with Gasteiger partial charge in [-0.05, 0) is 75.8 Å². The van der Waals surface area contributed by atoms with E-state index in [-0.39, 0.29) is 0 Å².